The highest BCUT2D eigenvalue weighted by atomic mass is 16.6. The van der Waals surface area contributed by atoms with Crippen LogP contribution >= 0.6 is 0 Å². The van der Waals surface area contributed by atoms with Gasteiger partial charge in [0.05, 0.1) is 24.1 Å². The molecule has 3 N–H and O–H groups in total. The molecule has 0 spiro atoms. The van der Waals surface area contributed by atoms with Crippen LogP contribution in [0.25, 0.3) is 0 Å². The van der Waals surface area contributed by atoms with Crippen LogP contribution in [0.5, 0.6) is 0 Å². The highest BCUT2D eigenvalue weighted by molar-refractivity contribution is 6.03. The summed E-state index contributed by atoms with van der Waals surface area (Å²) in [5.74, 6) is -5.77. The van der Waals surface area contributed by atoms with Gasteiger partial charge < -0.3 is 44.0 Å². The lowest BCUT2D eigenvalue weighted by atomic mass is 9.51. The summed E-state index contributed by atoms with van der Waals surface area (Å²) in [6.07, 6.45) is -7.40. The first kappa shape index (κ1) is 43.2. The van der Waals surface area contributed by atoms with Crippen molar-refractivity contribution in [1.29, 1.82) is 0 Å². The van der Waals surface area contributed by atoms with Gasteiger partial charge in [0.2, 0.25) is 5.78 Å². The fourth-order valence-electron chi connectivity index (χ4n) is 8.92. The second kappa shape index (κ2) is 16.0. The fraction of sp³-hybridized carbons (Fsp3) is 0.500. The van der Waals surface area contributed by atoms with E-state index < -0.39 is 107 Å². The van der Waals surface area contributed by atoms with Crippen LogP contribution in [-0.2, 0) is 47.6 Å². The zero-order valence-electron chi connectivity index (χ0n) is 34.3. The standard InChI is InChI=1S/C44H51NO14/c1-23-29(56-39(51)35(49)33(26-15-11-9-12-16-26)45-40(52)59-41(4,5)6)21-44(53)37(57-38(50)27-17-13-10-14-18-27)32-28(19-20-30-43(32,22-54-30)58-25(3)47)34(48)36(55-24(2)46)31(23)42(44,7)8/h9-19,29-30,32-33,35-37,49,53H,20-22H2,1-8H3,(H,45,52)/t29-,30+,32+,33-,35+,36+,37-,43-,44+/m0/s1. The van der Waals surface area contributed by atoms with E-state index in [2.05, 4.69) is 5.32 Å². The van der Waals surface area contributed by atoms with Gasteiger partial charge in [-0.25, -0.2) is 14.4 Å². The zero-order chi connectivity index (χ0) is 43.2. The second-order valence-corrected chi connectivity index (χ2v) is 17.0. The number of ketones is 1. The van der Waals surface area contributed by atoms with Gasteiger partial charge in [0.1, 0.15) is 29.5 Å². The Morgan fingerprint density at radius 1 is 0.915 bits per heavy atom. The molecular formula is C44H51NO14. The number of hydrogen-bond donors (Lipinski definition) is 3. The lowest BCUT2D eigenvalue weighted by Crippen LogP contribution is -2.75. The van der Waals surface area contributed by atoms with Crippen LogP contribution in [0.3, 0.4) is 0 Å². The summed E-state index contributed by atoms with van der Waals surface area (Å²) in [5.41, 5.74) is -5.68. The Hall–Kier alpha value is -5.38. The number of carbonyl (C=O) groups is 6. The van der Waals surface area contributed by atoms with Gasteiger partial charge in [0.15, 0.2) is 17.8 Å². The minimum absolute atomic E-state index is 0.00748. The average molecular weight is 818 g/mol. The van der Waals surface area contributed by atoms with Gasteiger partial charge in [0.25, 0.3) is 0 Å². The van der Waals surface area contributed by atoms with Gasteiger partial charge in [-0.05, 0) is 63.0 Å². The van der Waals surface area contributed by atoms with E-state index >= 15 is 4.79 Å². The van der Waals surface area contributed by atoms with E-state index in [0.717, 1.165) is 6.92 Å². The summed E-state index contributed by atoms with van der Waals surface area (Å²) in [7, 11) is 0. The Bertz CT molecular complexity index is 2070. The van der Waals surface area contributed by atoms with Crippen molar-refractivity contribution in [2.75, 3.05) is 6.61 Å². The quantitative estimate of drug-likeness (QED) is 0.182. The summed E-state index contributed by atoms with van der Waals surface area (Å²) in [6.45, 7) is 11.8. The number of fused-ring (bicyclic) bond motifs is 5. The molecule has 0 unspecified atom stereocenters. The van der Waals surface area contributed by atoms with E-state index in [4.69, 9.17) is 28.4 Å². The molecule has 1 saturated carbocycles. The third-order valence-corrected chi connectivity index (χ3v) is 11.7. The number of hydrogen-bond acceptors (Lipinski definition) is 14. The summed E-state index contributed by atoms with van der Waals surface area (Å²) in [6, 6.07) is 14.8. The molecule has 2 fully saturated rings. The second-order valence-electron chi connectivity index (χ2n) is 17.0. The van der Waals surface area contributed by atoms with Crippen LogP contribution in [-0.4, -0.2) is 99.9 Å². The zero-order valence-corrected chi connectivity index (χ0v) is 34.3. The molecule has 1 amide bonds. The molecular weight excluding hydrogens is 766 g/mol. The largest absolute Gasteiger partial charge is 0.456 e. The minimum Gasteiger partial charge on any atom is -0.456 e. The molecule has 316 valence electrons. The first-order valence-corrected chi connectivity index (χ1v) is 19.5. The fourth-order valence-corrected chi connectivity index (χ4v) is 8.92. The molecule has 0 radical (unpaired) electrons. The van der Waals surface area contributed by atoms with Gasteiger partial charge in [-0.3, -0.25) is 14.4 Å². The van der Waals surface area contributed by atoms with Crippen molar-refractivity contribution in [3.05, 3.63) is 94.6 Å². The third kappa shape index (κ3) is 8.03. The Morgan fingerprint density at radius 3 is 2.10 bits per heavy atom. The topological polar surface area (TPSA) is 210 Å². The number of carbonyl (C=O) groups excluding carboxylic acids is 6. The molecule has 4 aliphatic rings. The van der Waals surface area contributed by atoms with Gasteiger partial charge in [-0.1, -0.05) is 68.5 Å². The number of benzene rings is 2. The van der Waals surface area contributed by atoms with Crippen molar-refractivity contribution < 1.29 is 67.4 Å². The molecule has 59 heavy (non-hydrogen) atoms. The molecule has 3 aliphatic carbocycles. The summed E-state index contributed by atoms with van der Waals surface area (Å²) < 4.78 is 35.4. The number of ether oxygens (including phenoxy) is 6. The summed E-state index contributed by atoms with van der Waals surface area (Å²) in [5, 5.41) is 27.7. The number of alkyl carbamates (subject to hydrolysis) is 1. The Kier molecular flexibility index (Phi) is 11.7. The van der Waals surface area contributed by atoms with Crippen LogP contribution in [0, 0.1) is 11.3 Å². The van der Waals surface area contributed by atoms with Crippen LogP contribution in [0.15, 0.2) is 83.5 Å². The third-order valence-electron chi connectivity index (χ3n) is 11.7. The average Bonchev–Trinajstić information content (AvgIpc) is 3.15. The van der Waals surface area contributed by atoms with Crippen LogP contribution in [0.4, 0.5) is 4.79 Å². The van der Waals surface area contributed by atoms with Gasteiger partial charge in [-0.2, -0.15) is 0 Å². The molecule has 2 bridgehead atoms. The van der Waals surface area contributed by atoms with Crippen molar-refractivity contribution in [2.45, 2.75) is 122 Å². The van der Waals surface area contributed by atoms with E-state index in [0.29, 0.717) is 5.56 Å². The molecule has 6 rings (SSSR count). The van der Waals surface area contributed by atoms with Crippen molar-refractivity contribution >= 4 is 35.8 Å². The lowest BCUT2D eigenvalue weighted by molar-refractivity contribution is -0.296. The molecule has 2 aromatic carbocycles. The van der Waals surface area contributed by atoms with Gasteiger partial charge in [0, 0.05) is 31.3 Å². The maximum absolute atomic E-state index is 15.0. The number of aliphatic hydroxyl groups excluding tert-OH is 1. The van der Waals surface area contributed by atoms with E-state index in [1.54, 1.807) is 96.1 Å². The molecule has 0 aromatic heterocycles. The van der Waals surface area contributed by atoms with E-state index in [1.165, 1.54) is 19.1 Å². The highest BCUT2D eigenvalue weighted by Crippen LogP contribution is 2.60. The molecule has 9 atom stereocenters. The Labute approximate surface area is 342 Å². The predicted octanol–water partition coefficient (Wildman–Crippen LogP) is 4.39. The van der Waals surface area contributed by atoms with Crippen molar-refractivity contribution in [3.63, 3.8) is 0 Å². The molecule has 1 heterocycles. The number of nitrogens with one attached hydrogen (secondary N) is 1. The molecule has 2 aromatic rings. The Balaban J connectivity index is 1.50. The normalized spacial score (nSPS) is 29.3. The van der Waals surface area contributed by atoms with Gasteiger partial charge in [-0.15, -0.1) is 0 Å². The monoisotopic (exact) mass is 817 g/mol. The SMILES string of the molecule is CC(=O)O[C@H]1C(=O)C2=CC[C@H]3OC[C@@]3(OC(C)=O)[C@H]2[C@H](OC(=O)c2ccccc2)[C@]2(O)C[C@H](OC(=O)[C@H](O)[C@@H](NC(=O)OC(C)(C)C)c3ccccc3)C(C)=C1C2(C)C. The first-order chi connectivity index (χ1) is 27.6. The van der Waals surface area contributed by atoms with Crippen molar-refractivity contribution in [3.8, 4) is 0 Å². The molecule has 15 heteroatoms. The van der Waals surface area contributed by atoms with Crippen LogP contribution in [0.2, 0.25) is 0 Å². The first-order valence-electron chi connectivity index (χ1n) is 19.5. The van der Waals surface area contributed by atoms with Crippen molar-refractivity contribution in [1.82, 2.24) is 5.32 Å². The maximum atomic E-state index is 15.0. The smallest absolute Gasteiger partial charge is 0.408 e. The van der Waals surface area contributed by atoms with E-state index in [9.17, 15) is 34.2 Å². The lowest BCUT2D eigenvalue weighted by Gasteiger charge is -2.62. The number of esters is 4. The van der Waals surface area contributed by atoms with Crippen LogP contribution < -0.4 is 5.32 Å². The minimum atomic E-state index is -2.29. The highest BCUT2D eigenvalue weighted by Gasteiger charge is 2.72. The molecule has 15 nitrogen and oxygen atoms in total. The van der Waals surface area contributed by atoms with Crippen LogP contribution in [0.1, 0.15) is 90.2 Å². The number of aliphatic hydroxyl groups is 2. The van der Waals surface area contributed by atoms with Crippen molar-refractivity contribution in [2.24, 2.45) is 11.3 Å². The van der Waals surface area contributed by atoms with E-state index in [1.807, 2.05) is 0 Å². The number of Topliss-reactive ketones (excluding diaryl/α,β-unsaturated/α-hetero) is 1. The molecule has 1 aliphatic heterocycles. The summed E-state index contributed by atoms with van der Waals surface area (Å²) in [4.78, 5) is 81.9. The summed E-state index contributed by atoms with van der Waals surface area (Å²) >= 11 is 0. The number of rotatable bonds is 9. The Morgan fingerprint density at radius 2 is 1.54 bits per heavy atom. The van der Waals surface area contributed by atoms with Gasteiger partial charge >= 0.3 is 30.0 Å². The van der Waals surface area contributed by atoms with E-state index in [-0.39, 0.29) is 35.3 Å². The molecule has 1 saturated heterocycles. The predicted molar refractivity (Wildman–Crippen MR) is 207 cm³/mol. The number of amides is 1. The maximum Gasteiger partial charge on any atom is 0.408 e.